The smallest absolute Gasteiger partial charge is 0.151 e. The van der Waals surface area contributed by atoms with Crippen LogP contribution in [0.1, 0.15) is 12.0 Å². The minimum atomic E-state index is -2.77. The first-order valence-electron chi connectivity index (χ1n) is 6.30. The number of hydrogen-bond acceptors (Lipinski definition) is 5. The third kappa shape index (κ3) is 5.15. The minimum absolute atomic E-state index is 0.147. The molecule has 0 aliphatic carbocycles. The number of thiophene rings is 1. The lowest BCUT2D eigenvalue weighted by Gasteiger charge is -2.18. The highest BCUT2D eigenvalue weighted by Gasteiger charge is 2.27. The van der Waals surface area contributed by atoms with E-state index in [9.17, 15) is 8.42 Å². The largest absolute Gasteiger partial charge is 0.312 e. The molecule has 2 heterocycles. The number of rotatable bonds is 6. The molecular formula is C12H19BrN2O2S2. The van der Waals surface area contributed by atoms with Crippen molar-refractivity contribution in [2.45, 2.75) is 19.0 Å². The average molecular weight is 367 g/mol. The second-order valence-electron chi connectivity index (χ2n) is 5.05. The second-order valence-corrected chi connectivity index (χ2v) is 9.57. The van der Waals surface area contributed by atoms with E-state index < -0.39 is 9.84 Å². The van der Waals surface area contributed by atoms with Gasteiger partial charge < -0.3 is 10.2 Å². The van der Waals surface area contributed by atoms with Gasteiger partial charge in [-0.25, -0.2) is 8.42 Å². The summed E-state index contributed by atoms with van der Waals surface area (Å²) in [4.78, 5) is 2.24. The predicted molar refractivity (Wildman–Crippen MR) is 83.4 cm³/mol. The molecule has 4 nitrogen and oxygen atoms in total. The highest BCUT2D eigenvalue weighted by Crippen LogP contribution is 2.21. The molecule has 1 saturated heterocycles. The van der Waals surface area contributed by atoms with Crippen molar-refractivity contribution in [1.29, 1.82) is 0 Å². The van der Waals surface area contributed by atoms with E-state index in [1.165, 1.54) is 5.56 Å². The molecule has 0 saturated carbocycles. The second kappa shape index (κ2) is 6.67. The summed E-state index contributed by atoms with van der Waals surface area (Å²) in [7, 11) is -0.690. The third-order valence-corrected chi connectivity index (χ3v) is 6.55. The van der Waals surface area contributed by atoms with Crippen LogP contribution in [0.3, 0.4) is 0 Å². The summed E-state index contributed by atoms with van der Waals surface area (Å²) in [5, 5.41) is 5.48. The van der Waals surface area contributed by atoms with Crippen molar-refractivity contribution in [1.82, 2.24) is 10.2 Å². The monoisotopic (exact) mass is 366 g/mol. The fraction of sp³-hybridized carbons (Fsp3) is 0.667. The highest BCUT2D eigenvalue weighted by molar-refractivity contribution is 9.11. The van der Waals surface area contributed by atoms with E-state index in [0.29, 0.717) is 11.5 Å². The quantitative estimate of drug-likeness (QED) is 0.832. The fourth-order valence-corrected chi connectivity index (χ4v) is 5.14. The summed E-state index contributed by atoms with van der Waals surface area (Å²) < 4.78 is 23.8. The Bertz CT molecular complexity index is 516. The van der Waals surface area contributed by atoms with Gasteiger partial charge >= 0.3 is 0 Å². The molecule has 1 N–H and O–H groups in total. The summed E-state index contributed by atoms with van der Waals surface area (Å²) in [6.45, 7) is 2.68. The van der Waals surface area contributed by atoms with E-state index in [2.05, 4.69) is 44.6 Å². The van der Waals surface area contributed by atoms with Crippen LogP contribution < -0.4 is 5.32 Å². The van der Waals surface area contributed by atoms with Gasteiger partial charge in [0.05, 0.1) is 15.3 Å². The van der Waals surface area contributed by atoms with Gasteiger partial charge in [-0.3, -0.25) is 0 Å². The topological polar surface area (TPSA) is 49.4 Å². The van der Waals surface area contributed by atoms with Gasteiger partial charge in [-0.15, -0.1) is 11.3 Å². The van der Waals surface area contributed by atoms with Crippen molar-refractivity contribution in [2.75, 3.05) is 31.6 Å². The predicted octanol–water partition coefficient (Wildman–Crippen LogP) is 1.72. The molecule has 0 bridgehead atoms. The van der Waals surface area contributed by atoms with E-state index in [1.54, 1.807) is 11.3 Å². The SMILES string of the molecule is CN(CCNC1CCS(=O)(=O)C1)Cc1csc(Br)c1. The zero-order valence-electron chi connectivity index (χ0n) is 10.9. The van der Waals surface area contributed by atoms with Crippen molar-refractivity contribution in [3.63, 3.8) is 0 Å². The Morgan fingerprint density at radius 3 is 2.95 bits per heavy atom. The Labute approximate surface area is 127 Å². The van der Waals surface area contributed by atoms with Crippen LogP contribution in [0.15, 0.2) is 15.2 Å². The van der Waals surface area contributed by atoms with Crippen LogP contribution >= 0.6 is 27.3 Å². The molecule has 2 rings (SSSR count). The van der Waals surface area contributed by atoms with Crippen LogP contribution in [0.4, 0.5) is 0 Å². The van der Waals surface area contributed by atoms with E-state index in [1.807, 2.05) is 0 Å². The fourth-order valence-electron chi connectivity index (χ4n) is 2.23. The lowest BCUT2D eigenvalue weighted by Crippen LogP contribution is -2.36. The van der Waals surface area contributed by atoms with Crippen LogP contribution in [0.5, 0.6) is 0 Å². The molecule has 0 aromatic carbocycles. The number of halogens is 1. The van der Waals surface area contributed by atoms with E-state index in [4.69, 9.17) is 0 Å². The van der Waals surface area contributed by atoms with Gasteiger partial charge in [0, 0.05) is 25.7 Å². The molecule has 1 aromatic rings. The van der Waals surface area contributed by atoms with E-state index in [-0.39, 0.29) is 6.04 Å². The maximum atomic E-state index is 11.3. The zero-order valence-corrected chi connectivity index (χ0v) is 14.2. The van der Waals surface area contributed by atoms with Crippen molar-refractivity contribution < 1.29 is 8.42 Å². The molecule has 7 heteroatoms. The first kappa shape index (κ1) is 15.4. The van der Waals surface area contributed by atoms with Crippen LogP contribution in [0.2, 0.25) is 0 Å². The number of hydrogen-bond donors (Lipinski definition) is 1. The molecule has 108 valence electrons. The van der Waals surface area contributed by atoms with Crippen molar-refractivity contribution in [3.8, 4) is 0 Å². The molecule has 1 fully saturated rings. The molecule has 1 aliphatic heterocycles. The Hall–Kier alpha value is 0.0500. The number of nitrogens with zero attached hydrogens (tertiary/aromatic N) is 1. The summed E-state index contributed by atoms with van der Waals surface area (Å²) >= 11 is 5.16. The molecule has 0 amide bonds. The van der Waals surface area contributed by atoms with Gasteiger partial charge in [0.25, 0.3) is 0 Å². The molecule has 0 spiro atoms. The highest BCUT2D eigenvalue weighted by atomic mass is 79.9. The van der Waals surface area contributed by atoms with Crippen LogP contribution in [-0.4, -0.2) is 51.0 Å². The first-order valence-corrected chi connectivity index (χ1v) is 9.79. The van der Waals surface area contributed by atoms with Crippen LogP contribution in [-0.2, 0) is 16.4 Å². The number of sulfone groups is 1. The van der Waals surface area contributed by atoms with Gasteiger partial charge in [-0.05, 0) is 46.4 Å². The molecule has 19 heavy (non-hydrogen) atoms. The van der Waals surface area contributed by atoms with Gasteiger partial charge in [0.2, 0.25) is 0 Å². The minimum Gasteiger partial charge on any atom is -0.312 e. The standard InChI is InChI=1S/C12H19BrN2O2S2/c1-15(7-10-6-12(13)18-8-10)4-3-14-11-2-5-19(16,17)9-11/h6,8,11,14H,2-5,7,9H2,1H3. The van der Waals surface area contributed by atoms with Crippen molar-refractivity contribution in [2.24, 2.45) is 0 Å². The maximum Gasteiger partial charge on any atom is 0.151 e. The molecule has 1 unspecified atom stereocenters. The van der Waals surface area contributed by atoms with E-state index >= 15 is 0 Å². The Kier molecular flexibility index (Phi) is 5.42. The number of nitrogens with one attached hydrogen (secondary N) is 1. The van der Waals surface area contributed by atoms with Crippen molar-refractivity contribution in [3.05, 3.63) is 20.8 Å². The van der Waals surface area contributed by atoms with Crippen LogP contribution in [0.25, 0.3) is 0 Å². The molecule has 0 radical (unpaired) electrons. The molecular weight excluding hydrogens is 348 g/mol. The van der Waals surface area contributed by atoms with Crippen molar-refractivity contribution >= 4 is 37.1 Å². The normalized spacial score (nSPS) is 22.2. The zero-order chi connectivity index (χ0) is 13.9. The summed E-state index contributed by atoms with van der Waals surface area (Å²) in [6.07, 6.45) is 0.753. The average Bonchev–Trinajstić information content (AvgIpc) is 2.85. The first-order chi connectivity index (χ1) is 8.94. The lowest BCUT2D eigenvalue weighted by atomic mass is 10.2. The maximum absolute atomic E-state index is 11.3. The van der Waals surface area contributed by atoms with Gasteiger partial charge in [-0.2, -0.15) is 0 Å². The lowest BCUT2D eigenvalue weighted by molar-refractivity contribution is 0.319. The van der Waals surface area contributed by atoms with Gasteiger partial charge in [-0.1, -0.05) is 0 Å². The van der Waals surface area contributed by atoms with Gasteiger partial charge in [0.15, 0.2) is 9.84 Å². The Balaban J connectivity index is 1.66. The van der Waals surface area contributed by atoms with Gasteiger partial charge in [0.1, 0.15) is 0 Å². The van der Waals surface area contributed by atoms with Crippen LogP contribution in [0, 0.1) is 0 Å². The molecule has 1 atom stereocenters. The summed E-state index contributed by atoms with van der Waals surface area (Å²) in [5.74, 6) is 0.637. The Morgan fingerprint density at radius 1 is 1.58 bits per heavy atom. The molecule has 1 aromatic heterocycles. The molecule has 1 aliphatic rings. The van der Waals surface area contributed by atoms with E-state index in [0.717, 1.165) is 29.8 Å². The summed E-state index contributed by atoms with van der Waals surface area (Å²) in [5.41, 5.74) is 1.31. The third-order valence-electron chi connectivity index (χ3n) is 3.23. The summed E-state index contributed by atoms with van der Waals surface area (Å²) in [6, 6.07) is 2.28. The number of likely N-dealkylation sites (N-methyl/N-ethyl adjacent to an activating group) is 1. The Morgan fingerprint density at radius 2 is 2.37 bits per heavy atom.